The van der Waals surface area contributed by atoms with Crippen LogP contribution in [0.1, 0.15) is 64.2 Å². The van der Waals surface area contributed by atoms with E-state index in [9.17, 15) is 0 Å². The Labute approximate surface area is 133 Å². The lowest BCUT2D eigenvalue weighted by molar-refractivity contribution is 0.0469. The lowest BCUT2D eigenvalue weighted by atomic mass is 9.70. The first kappa shape index (κ1) is 16.8. The van der Waals surface area contributed by atoms with Crippen molar-refractivity contribution in [1.82, 2.24) is 14.7 Å². The molecule has 0 aliphatic heterocycles. The van der Waals surface area contributed by atoms with Crippen LogP contribution in [-0.2, 0) is 0 Å². The molecule has 0 spiro atoms. The predicted octanol–water partition coefficient (Wildman–Crippen LogP) is 3.63. The Morgan fingerprint density at radius 3 is 2.67 bits per heavy atom. The van der Waals surface area contributed by atoms with Gasteiger partial charge in [-0.05, 0) is 46.7 Å². The molecule has 1 aliphatic rings. The van der Waals surface area contributed by atoms with E-state index in [0.29, 0.717) is 10.9 Å². The summed E-state index contributed by atoms with van der Waals surface area (Å²) < 4.78 is 1.98. The van der Waals surface area contributed by atoms with Crippen LogP contribution in [0.25, 0.3) is 0 Å². The predicted molar refractivity (Wildman–Crippen MR) is 88.6 cm³/mol. The molecule has 3 atom stereocenters. The molecule has 0 amide bonds. The van der Waals surface area contributed by atoms with Gasteiger partial charge in [-0.3, -0.25) is 4.68 Å². The average molecular weight is 313 g/mol. The number of likely N-dealkylation sites (N-methyl/N-ethyl adjacent to an activating group) is 1. The van der Waals surface area contributed by atoms with Crippen LogP contribution in [0.2, 0.25) is 5.02 Å². The van der Waals surface area contributed by atoms with Gasteiger partial charge in [-0.2, -0.15) is 5.10 Å². The van der Waals surface area contributed by atoms with Crippen molar-refractivity contribution >= 4 is 11.6 Å². The Morgan fingerprint density at radius 1 is 1.48 bits per heavy atom. The minimum atomic E-state index is -0.118. The van der Waals surface area contributed by atoms with Crippen LogP contribution >= 0.6 is 11.6 Å². The van der Waals surface area contributed by atoms with Crippen LogP contribution < -0.4 is 5.73 Å². The van der Waals surface area contributed by atoms with Crippen molar-refractivity contribution in [3.05, 3.63) is 16.9 Å². The van der Waals surface area contributed by atoms with Crippen LogP contribution in [0.5, 0.6) is 0 Å². The quantitative estimate of drug-likeness (QED) is 0.923. The fourth-order valence-corrected chi connectivity index (χ4v) is 4.09. The molecule has 3 unspecified atom stereocenters. The van der Waals surface area contributed by atoms with E-state index in [4.69, 9.17) is 17.3 Å². The molecule has 0 radical (unpaired) electrons. The van der Waals surface area contributed by atoms with Crippen molar-refractivity contribution in [2.24, 2.45) is 11.7 Å². The Morgan fingerprint density at radius 2 is 2.14 bits per heavy atom. The first-order chi connectivity index (χ1) is 9.79. The van der Waals surface area contributed by atoms with Crippen LogP contribution in [-0.4, -0.2) is 34.3 Å². The summed E-state index contributed by atoms with van der Waals surface area (Å²) in [5.41, 5.74) is 7.71. The first-order valence-electron chi connectivity index (χ1n) is 7.95. The summed E-state index contributed by atoms with van der Waals surface area (Å²) in [7, 11) is 4.28. The third-order valence-electron chi connectivity index (χ3n) is 5.05. The molecule has 120 valence electrons. The fourth-order valence-electron chi connectivity index (χ4n) is 3.84. The van der Waals surface area contributed by atoms with E-state index in [0.717, 1.165) is 18.5 Å². The Balaban J connectivity index is 2.44. The zero-order valence-corrected chi connectivity index (χ0v) is 14.7. The van der Waals surface area contributed by atoms with E-state index < -0.39 is 0 Å². The molecule has 21 heavy (non-hydrogen) atoms. The van der Waals surface area contributed by atoms with Gasteiger partial charge in [-0.25, -0.2) is 0 Å². The van der Waals surface area contributed by atoms with Crippen molar-refractivity contribution in [1.29, 1.82) is 0 Å². The number of nitrogens with zero attached hydrogens (tertiary/aromatic N) is 3. The highest BCUT2D eigenvalue weighted by Crippen LogP contribution is 2.44. The zero-order valence-electron chi connectivity index (χ0n) is 13.9. The molecule has 0 bridgehead atoms. The van der Waals surface area contributed by atoms with E-state index in [2.05, 4.69) is 44.9 Å². The molecule has 1 aromatic rings. The minimum Gasteiger partial charge on any atom is -0.321 e. The highest BCUT2D eigenvalue weighted by molar-refractivity contribution is 6.31. The van der Waals surface area contributed by atoms with Gasteiger partial charge in [0, 0.05) is 11.6 Å². The van der Waals surface area contributed by atoms with E-state index >= 15 is 0 Å². The molecule has 1 fully saturated rings. The van der Waals surface area contributed by atoms with Crippen LogP contribution in [0.15, 0.2) is 6.20 Å². The molecular weight excluding hydrogens is 284 g/mol. The summed E-state index contributed by atoms with van der Waals surface area (Å²) in [6, 6.07) is 0.145. The number of aromatic nitrogens is 2. The molecule has 0 saturated heterocycles. The maximum Gasteiger partial charge on any atom is 0.0834 e. The Bertz CT molecular complexity index is 483. The summed E-state index contributed by atoms with van der Waals surface area (Å²) >= 11 is 6.42. The number of nitrogens with two attached hydrogens (primary N) is 1. The van der Waals surface area contributed by atoms with Gasteiger partial charge in [-0.15, -0.1) is 0 Å². The normalized spacial score (nSPS) is 28.3. The highest BCUT2D eigenvalue weighted by atomic mass is 35.5. The van der Waals surface area contributed by atoms with Gasteiger partial charge in [-0.1, -0.05) is 31.4 Å². The van der Waals surface area contributed by atoms with Crippen molar-refractivity contribution in [3.8, 4) is 0 Å². The molecular formula is C16H29ClN4. The second-order valence-electron chi connectivity index (χ2n) is 7.09. The second-order valence-corrected chi connectivity index (χ2v) is 7.50. The molecule has 1 saturated carbocycles. The zero-order chi connectivity index (χ0) is 15.8. The van der Waals surface area contributed by atoms with E-state index in [1.165, 1.54) is 12.8 Å². The standard InChI is InChI=1S/C16H29ClN4/c1-11(2)21-14(13(17)10-19-21)15(18)16(20(4)5)8-6-7-12(3)9-16/h10-12,15H,6-9,18H2,1-5H3. The second kappa shape index (κ2) is 6.27. The molecule has 4 nitrogen and oxygen atoms in total. The van der Waals surface area contributed by atoms with Crippen molar-refractivity contribution in [2.75, 3.05) is 14.1 Å². The summed E-state index contributed by atoms with van der Waals surface area (Å²) in [6.07, 6.45) is 6.47. The summed E-state index contributed by atoms with van der Waals surface area (Å²) in [5.74, 6) is 0.696. The number of halogens is 1. The number of hydrogen-bond donors (Lipinski definition) is 1. The maximum atomic E-state index is 6.76. The topological polar surface area (TPSA) is 47.1 Å². The minimum absolute atomic E-state index is 0.0337. The smallest absolute Gasteiger partial charge is 0.0834 e. The monoisotopic (exact) mass is 312 g/mol. The third kappa shape index (κ3) is 2.99. The first-order valence-corrected chi connectivity index (χ1v) is 8.33. The van der Waals surface area contributed by atoms with Gasteiger partial charge in [0.1, 0.15) is 0 Å². The Kier molecular flexibility index (Phi) is 5.01. The van der Waals surface area contributed by atoms with Crippen molar-refractivity contribution < 1.29 is 0 Å². The molecule has 1 aromatic heterocycles. The number of rotatable bonds is 4. The lowest BCUT2D eigenvalue weighted by Crippen LogP contribution is -2.55. The highest BCUT2D eigenvalue weighted by Gasteiger charge is 2.44. The maximum absolute atomic E-state index is 6.76. The molecule has 5 heteroatoms. The van der Waals surface area contributed by atoms with Gasteiger partial charge in [0.05, 0.1) is 23.0 Å². The van der Waals surface area contributed by atoms with Crippen LogP contribution in [0.3, 0.4) is 0 Å². The molecule has 2 rings (SSSR count). The average Bonchev–Trinajstić information content (AvgIpc) is 2.79. The molecule has 1 aliphatic carbocycles. The van der Waals surface area contributed by atoms with E-state index in [1.807, 2.05) is 4.68 Å². The van der Waals surface area contributed by atoms with Gasteiger partial charge in [0.2, 0.25) is 0 Å². The molecule has 1 heterocycles. The SMILES string of the molecule is CC1CCCC(C(N)c2c(Cl)cnn2C(C)C)(N(C)C)C1. The van der Waals surface area contributed by atoms with Gasteiger partial charge in [0.25, 0.3) is 0 Å². The fraction of sp³-hybridized carbons (Fsp3) is 0.812. The van der Waals surface area contributed by atoms with Crippen molar-refractivity contribution in [2.45, 2.75) is 64.1 Å². The van der Waals surface area contributed by atoms with Crippen molar-refractivity contribution in [3.63, 3.8) is 0 Å². The van der Waals surface area contributed by atoms with Gasteiger partial charge >= 0.3 is 0 Å². The third-order valence-corrected chi connectivity index (χ3v) is 5.34. The molecule has 0 aromatic carbocycles. The van der Waals surface area contributed by atoms with Crippen LogP contribution in [0.4, 0.5) is 0 Å². The lowest BCUT2D eigenvalue weighted by Gasteiger charge is -2.49. The number of hydrogen-bond acceptors (Lipinski definition) is 3. The summed E-state index contributed by atoms with van der Waals surface area (Å²) in [6.45, 7) is 6.56. The molecule has 2 N–H and O–H groups in total. The largest absolute Gasteiger partial charge is 0.321 e. The summed E-state index contributed by atoms with van der Waals surface area (Å²) in [4.78, 5) is 2.31. The van der Waals surface area contributed by atoms with E-state index in [-0.39, 0.29) is 17.6 Å². The summed E-state index contributed by atoms with van der Waals surface area (Å²) in [5, 5.41) is 5.12. The van der Waals surface area contributed by atoms with Gasteiger partial charge < -0.3 is 10.6 Å². The van der Waals surface area contributed by atoms with Gasteiger partial charge in [0.15, 0.2) is 0 Å². The van der Waals surface area contributed by atoms with Crippen LogP contribution in [0, 0.1) is 5.92 Å². The van der Waals surface area contributed by atoms with E-state index in [1.54, 1.807) is 6.20 Å². The Hall–Kier alpha value is -0.580.